The molecular formula is C52H33NO2. The molecule has 0 aliphatic rings. The first-order valence-corrected chi connectivity index (χ1v) is 18.7. The van der Waals surface area contributed by atoms with Crippen LogP contribution in [0.1, 0.15) is 0 Å². The molecule has 3 nitrogen and oxygen atoms in total. The molecule has 0 radical (unpaired) electrons. The summed E-state index contributed by atoms with van der Waals surface area (Å²) in [5.41, 5.74) is 13.3. The summed E-state index contributed by atoms with van der Waals surface area (Å²) in [7, 11) is 0. The number of fused-ring (bicyclic) bond motifs is 7. The van der Waals surface area contributed by atoms with Gasteiger partial charge in [-0.1, -0.05) is 152 Å². The lowest BCUT2D eigenvalue weighted by atomic mass is 9.95. The lowest BCUT2D eigenvalue weighted by molar-refractivity contribution is 0.669. The van der Waals surface area contributed by atoms with Crippen LogP contribution in [0, 0.1) is 0 Å². The monoisotopic (exact) mass is 703 g/mol. The van der Waals surface area contributed by atoms with E-state index in [0.29, 0.717) is 0 Å². The SMILES string of the molecule is c1ccc(-c2ccc(-c3ccc4ccccc4c3)cc2N(c2cccc(-c3cccc4c3oc3ccccc34)c2)c2cccc3oc4ccccc4c23)cc1. The second kappa shape index (κ2) is 12.6. The molecule has 2 heterocycles. The topological polar surface area (TPSA) is 29.5 Å². The van der Waals surface area contributed by atoms with Crippen LogP contribution < -0.4 is 4.90 Å². The molecule has 0 saturated heterocycles. The molecule has 0 saturated carbocycles. The number of nitrogens with zero attached hydrogens (tertiary/aromatic N) is 1. The summed E-state index contributed by atoms with van der Waals surface area (Å²) in [4.78, 5) is 2.42. The van der Waals surface area contributed by atoms with Crippen molar-refractivity contribution in [2.24, 2.45) is 0 Å². The molecule has 3 heteroatoms. The predicted octanol–water partition coefficient (Wildman–Crippen LogP) is 15.1. The van der Waals surface area contributed by atoms with Gasteiger partial charge in [0.1, 0.15) is 22.3 Å². The van der Waals surface area contributed by atoms with Crippen molar-refractivity contribution >= 4 is 71.7 Å². The Morgan fingerprint density at radius 2 is 0.982 bits per heavy atom. The van der Waals surface area contributed by atoms with Crippen molar-refractivity contribution in [3.8, 4) is 33.4 Å². The van der Waals surface area contributed by atoms with Crippen LogP contribution in [-0.2, 0) is 0 Å². The highest BCUT2D eigenvalue weighted by Gasteiger charge is 2.23. The summed E-state index contributed by atoms with van der Waals surface area (Å²) in [5.74, 6) is 0. The third-order valence-electron chi connectivity index (χ3n) is 10.8. The highest BCUT2D eigenvalue weighted by molar-refractivity contribution is 6.14. The van der Waals surface area contributed by atoms with Crippen LogP contribution in [0.4, 0.5) is 17.1 Å². The maximum atomic E-state index is 6.55. The summed E-state index contributed by atoms with van der Waals surface area (Å²) >= 11 is 0. The Bertz CT molecular complexity index is 3220. The zero-order chi connectivity index (χ0) is 36.3. The van der Waals surface area contributed by atoms with Gasteiger partial charge in [-0.2, -0.15) is 0 Å². The third kappa shape index (κ3) is 5.20. The van der Waals surface area contributed by atoms with E-state index in [0.717, 1.165) is 94.3 Å². The van der Waals surface area contributed by atoms with Crippen molar-refractivity contribution in [1.29, 1.82) is 0 Å². The highest BCUT2D eigenvalue weighted by atomic mass is 16.3. The Morgan fingerprint density at radius 3 is 1.87 bits per heavy atom. The predicted molar refractivity (Wildman–Crippen MR) is 229 cm³/mol. The Balaban J connectivity index is 1.20. The molecule has 0 fully saturated rings. The summed E-state index contributed by atoms with van der Waals surface area (Å²) in [6.07, 6.45) is 0. The Kier molecular flexibility index (Phi) is 7.17. The Labute approximate surface area is 317 Å². The zero-order valence-electron chi connectivity index (χ0n) is 29.8. The minimum absolute atomic E-state index is 0.846. The summed E-state index contributed by atoms with van der Waals surface area (Å²) in [6.45, 7) is 0. The van der Waals surface area contributed by atoms with Gasteiger partial charge in [0.05, 0.1) is 16.8 Å². The summed E-state index contributed by atoms with van der Waals surface area (Å²) in [6, 6.07) is 71.1. The maximum Gasteiger partial charge on any atom is 0.143 e. The van der Waals surface area contributed by atoms with Gasteiger partial charge >= 0.3 is 0 Å². The number of rotatable bonds is 6. The van der Waals surface area contributed by atoms with Gasteiger partial charge in [-0.25, -0.2) is 0 Å². The number of furan rings is 2. The van der Waals surface area contributed by atoms with Crippen LogP contribution in [-0.4, -0.2) is 0 Å². The summed E-state index contributed by atoms with van der Waals surface area (Å²) < 4.78 is 13.0. The van der Waals surface area contributed by atoms with Gasteiger partial charge in [0, 0.05) is 33.0 Å². The number of anilines is 3. The number of para-hydroxylation sites is 3. The van der Waals surface area contributed by atoms with Crippen molar-refractivity contribution in [2.45, 2.75) is 0 Å². The quantitative estimate of drug-likeness (QED) is 0.173. The molecule has 0 bridgehead atoms. The molecular weight excluding hydrogens is 671 g/mol. The van der Waals surface area contributed by atoms with E-state index in [9.17, 15) is 0 Å². The molecule has 0 N–H and O–H groups in total. The molecule has 0 atom stereocenters. The van der Waals surface area contributed by atoms with Crippen molar-refractivity contribution in [3.63, 3.8) is 0 Å². The van der Waals surface area contributed by atoms with E-state index >= 15 is 0 Å². The molecule has 258 valence electrons. The number of benzene rings is 9. The average Bonchev–Trinajstić information content (AvgIpc) is 3.83. The maximum absolute atomic E-state index is 6.55. The normalized spacial score (nSPS) is 11.6. The average molecular weight is 704 g/mol. The van der Waals surface area contributed by atoms with E-state index in [4.69, 9.17) is 8.83 Å². The van der Waals surface area contributed by atoms with Crippen molar-refractivity contribution < 1.29 is 8.83 Å². The molecule has 0 unspecified atom stereocenters. The second-order valence-corrected chi connectivity index (χ2v) is 14.1. The Morgan fingerprint density at radius 1 is 0.327 bits per heavy atom. The fraction of sp³-hybridized carbons (Fsp3) is 0. The van der Waals surface area contributed by atoms with Crippen LogP contribution in [0.5, 0.6) is 0 Å². The van der Waals surface area contributed by atoms with Crippen molar-refractivity contribution in [2.75, 3.05) is 4.90 Å². The van der Waals surface area contributed by atoms with E-state index in [1.807, 2.05) is 24.3 Å². The lowest BCUT2D eigenvalue weighted by Crippen LogP contribution is -2.12. The minimum atomic E-state index is 0.846. The van der Waals surface area contributed by atoms with E-state index in [-0.39, 0.29) is 0 Å². The lowest BCUT2D eigenvalue weighted by Gasteiger charge is -2.29. The number of hydrogen-bond acceptors (Lipinski definition) is 3. The van der Waals surface area contributed by atoms with Gasteiger partial charge in [0.2, 0.25) is 0 Å². The standard InChI is InChI=1S/C52H33NO2/c1-2-14-35(15-3-1)41-30-29-38(37-28-27-34-13-4-5-16-36(34)31-37)33-47(41)53(46-23-12-26-50-51(46)45-20-7-9-25-49(45)54-50)40-18-10-17-39(32-40)42-21-11-22-44-43-19-6-8-24-48(43)55-52(42)44/h1-33H. The summed E-state index contributed by atoms with van der Waals surface area (Å²) in [5, 5.41) is 6.82. The van der Waals surface area contributed by atoms with E-state index in [2.05, 4.69) is 181 Å². The van der Waals surface area contributed by atoms with Crippen LogP contribution in [0.15, 0.2) is 209 Å². The van der Waals surface area contributed by atoms with Gasteiger partial charge < -0.3 is 13.7 Å². The van der Waals surface area contributed by atoms with E-state index in [1.54, 1.807) is 0 Å². The van der Waals surface area contributed by atoms with Gasteiger partial charge in [-0.3, -0.25) is 0 Å². The molecule has 55 heavy (non-hydrogen) atoms. The van der Waals surface area contributed by atoms with Gasteiger partial charge in [-0.15, -0.1) is 0 Å². The highest BCUT2D eigenvalue weighted by Crippen LogP contribution is 2.48. The number of hydrogen-bond donors (Lipinski definition) is 0. The molecule has 11 aromatic rings. The molecule has 11 rings (SSSR count). The molecule has 0 aliphatic carbocycles. The van der Waals surface area contributed by atoms with Crippen molar-refractivity contribution in [3.05, 3.63) is 200 Å². The first-order valence-electron chi connectivity index (χ1n) is 18.7. The fourth-order valence-electron chi connectivity index (χ4n) is 8.26. The molecule has 0 spiro atoms. The van der Waals surface area contributed by atoms with Crippen molar-refractivity contribution in [1.82, 2.24) is 0 Å². The van der Waals surface area contributed by atoms with Gasteiger partial charge in [-0.05, 0) is 81.6 Å². The second-order valence-electron chi connectivity index (χ2n) is 14.1. The van der Waals surface area contributed by atoms with Gasteiger partial charge in [0.15, 0.2) is 0 Å². The zero-order valence-corrected chi connectivity index (χ0v) is 29.8. The Hall–Kier alpha value is -7.36. The van der Waals surface area contributed by atoms with E-state index < -0.39 is 0 Å². The third-order valence-corrected chi connectivity index (χ3v) is 10.8. The molecule has 0 aliphatic heterocycles. The van der Waals surface area contributed by atoms with Crippen LogP contribution in [0.3, 0.4) is 0 Å². The first-order chi connectivity index (χ1) is 27.3. The smallest absolute Gasteiger partial charge is 0.143 e. The van der Waals surface area contributed by atoms with Crippen LogP contribution in [0.2, 0.25) is 0 Å². The molecule has 2 aromatic heterocycles. The fourth-order valence-corrected chi connectivity index (χ4v) is 8.26. The largest absolute Gasteiger partial charge is 0.456 e. The van der Waals surface area contributed by atoms with Crippen LogP contribution in [0.25, 0.3) is 88.0 Å². The first kappa shape index (κ1) is 31.2. The minimum Gasteiger partial charge on any atom is -0.456 e. The van der Waals surface area contributed by atoms with Crippen LogP contribution >= 0.6 is 0 Å². The molecule has 0 amide bonds. The molecule has 9 aromatic carbocycles. The van der Waals surface area contributed by atoms with E-state index in [1.165, 1.54) is 10.8 Å². The van der Waals surface area contributed by atoms with Gasteiger partial charge in [0.25, 0.3) is 0 Å².